The number of nitrogens with zero attached hydrogens (tertiary/aromatic N) is 2. The molecule has 0 aromatic heterocycles. The summed E-state index contributed by atoms with van der Waals surface area (Å²) < 4.78 is 5.77. The van der Waals surface area contributed by atoms with Gasteiger partial charge >= 0.3 is 0 Å². The van der Waals surface area contributed by atoms with Crippen LogP contribution < -0.4 is 9.64 Å². The predicted octanol–water partition coefficient (Wildman–Crippen LogP) is 2.81. The fraction of sp³-hybridized carbons (Fsp3) is 0.588. The molecule has 1 saturated carbocycles. The molecule has 5 heteroatoms. The average molecular weight is 325 g/mol. The van der Waals surface area contributed by atoms with Crippen LogP contribution >= 0.6 is 12.4 Å². The summed E-state index contributed by atoms with van der Waals surface area (Å²) in [5.74, 6) is 2.93. The smallest absolute Gasteiger partial charge is 0.223 e. The van der Waals surface area contributed by atoms with Gasteiger partial charge < -0.3 is 14.5 Å². The van der Waals surface area contributed by atoms with Gasteiger partial charge in [-0.15, -0.1) is 12.4 Å². The SMILES string of the molecule is CC(=O)N(C)c1ccc(OCCCN2C[C@H]3C[C@H]3C2)cc1.Cl. The highest BCUT2D eigenvalue weighted by molar-refractivity contribution is 5.90. The lowest BCUT2D eigenvalue weighted by molar-refractivity contribution is -0.116. The van der Waals surface area contributed by atoms with E-state index in [1.54, 1.807) is 18.9 Å². The molecule has 1 aliphatic heterocycles. The lowest BCUT2D eigenvalue weighted by Gasteiger charge is -2.17. The van der Waals surface area contributed by atoms with Crippen molar-refractivity contribution in [1.29, 1.82) is 0 Å². The number of piperidine rings is 1. The predicted molar refractivity (Wildman–Crippen MR) is 90.9 cm³/mol. The standard InChI is InChI=1S/C17H24N2O2.ClH/c1-13(20)18(2)16-4-6-17(7-5-16)21-9-3-8-19-11-14-10-15(14)12-19;/h4-7,14-15H,3,8-12H2,1-2H3;1H/t14-,15+;. The lowest BCUT2D eigenvalue weighted by Crippen LogP contribution is -2.25. The first-order valence-electron chi connectivity index (χ1n) is 7.83. The Balaban J connectivity index is 0.00000176. The average Bonchev–Trinajstić information content (AvgIpc) is 3.10. The Bertz CT molecular complexity index is 496. The quantitative estimate of drug-likeness (QED) is 0.754. The first-order chi connectivity index (χ1) is 10.1. The van der Waals surface area contributed by atoms with Crippen LogP contribution in [0.15, 0.2) is 24.3 Å². The summed E-state index contributed by atoms with van der Waals surface area (Å²) in [5, 5.41) is 0. The fourth-order valence-electron chi connectivity index (χ4n) is 3.10. The van der Waals surface area contributed by atoms with Gasteiger partial charge in [-0.1, -0.05) is 0 Å². The maximum absolute atomic E-state index is 11.3. The fourth-order valence-corrected chi connectivity index (χ4v) is 3.10. The van der Waals surface area contributed by atoms with Gasteiger partial charge in [-0.2, -0.15) is 0 Å². The summed E-state index contributed by atoms with van der Waals surface area (Å²) in [6.07, 6.45) is 2.54. The zero-order valence-electron chi connectivity index (χ0n) is 13.3. The minimum Gasteiger partial charge on any atom is -0.494 e. The van der Waals surface area contributed by atoms with Gasteiger partial charge in [0.15, 0.2) is 0 Å². The molecule has 2 atom stereocenters. The number of anilines is 1. The molecule has 1 amide bonds. The zero-order chi connectivity index (χ0) is 14.8. The molecule has 0 bridgehead atoms. The third-order valence-corrected chi connectivity index (χ3v) is 4.64. The molecule has 122 valence electrons. The van der Waals surface area contributed by atoms with Crippen LogP contribution in [0.2, 0.25) is 0 Å². The maximum Gasteiger partial charge on any atom is 0.223 e. The lowest BCUT2D eigenvalue weighted by atomic mass is 10.3. The Morgan fingerprint density at radius 2 is 1.91 bits per heavy atom. The number of amides is 1. The van der Waals surface area contributed by atoms with Crippen LogP contribution in [-0.2, 0) is 4.79 Å². The molecule has 0 N–H and O–H groups in total. The number of rotatable bonds is 6. The topological polar surface area (TPSA) is 32.8 Å². The molecular weight excluding hydrogens is 300 g/mol. The molecule has 2 aliphatic rings. The van der Waals surface area contributed by atoms with Gasteiger partial charge in [-0.05, 0) is 48.9 Å². The number of ether oxygens (including phenoxy) is 1. The van der Waals surface area contributed by atoms with Crippen LogP contribution in [0.4, 0.5) is 5.69 Å². The Morgan fingerprint density at radius 3 is 2.50 bits per heavy atom. The normalized spacial score (nSPS) is 22.6. The van der Waals surface area contributed by atoms with Crippen molar-refractivity contribution < 1.29 is 9.53 Å². The highest BCUT2D eigenvalue weighted by Crippen LogP contribution is 2.44. The number of hydrogen-bond acceptors (Lipinski definition) is 3. The Kier molecular flexibility index (Phi) is 5.70. The second kappa shape index (κ2) is 7.34. The second-order valence-corrected chi connectivity index (χ2v) is 6.29. The summed E-state index contributed by atoms with van der Waals surface area (Å²) in [6, 6.07) is 7.70. The van der Waals surface area contributed by atoms with Crippen LogP contribution in [0.1, 0.15) is 19.8 Å². The molecule has 3 rings (SSSR count). The molecule has 4 nitrogen and oxygen atoms in total. The van der Waals surface area contributed by atoms with E-state index in [4.69, 9.17) is 4.74 Å². The number of hydrogen-bond donors (Lipinski definition) is 0. The number of fused-ring (bicyclic) bond motifs is 1. The van der Waals surface area contributed by atoms with Crippen molar-refractivity contribution in [3.63, 3.8) is 0 Å². The monoisotopic (exact) mass is 324 g/mol. The number of carbonyl (C=O) groups excluding carboxylic acids is 1. The second-order valence-electron chi connectivity index (χ2n) is 6.29. The van der Waals surface area contributed by atoms with E-state index in [9.17, 15) is 4.79 Å². The van der Waals surface area contributed by atoms with E-state index in [2.05, 4.69) is 4.90 Å². The van der Waals surface area contributed by atoms with Gasteiger partial charge in [-0.25, -0.2) is 0 Å². The Morgan fingerprint density at radius 1 is 1.27 bits per heavy atom. The van der Waals surface area contributed by atoms with Crippen LogP contribution in [0, 0.1) is 11.8 Å². The van der Waals surface area contributed by atoms with Gasteiger partial charge in [0.2, 0.25) is 5.91 Å². The molecule has 2 fully saturated rings. The number of likely N-dealkylation sites (tertiary alicyclic amines) is 1. The van der Waals surface area contributed by atoms with E-state index in [1.165, 1.54) is 19.5 Å². The van der Waals surface area contributed by atoms with Crippen molar-refractivity contribution in [3.8, 4) is 5.75 Å². The molecule has 1 aliphatic carbocycles. The molecule has 1 aromatic carbocycles. The van der Waals surface area contributed by atoms with Gasteiger partial charge in [-0.3, -0.25) is 4.79 Å². The van der Waals surface area contributed by atoms with E-state index >= 15 is 0 Å². The molecule has 1 aromatic rings. The Labute approximate surface area is 138 Å². The largest absolute Gasteiger partial charge is 0.494 e. The summed E-state index contributed by atoms with van der Waals surface area (Å²) in [5.41, 5.74) is 0.895. The molecule has 0 unspecified atom stereocenters. The molecule has 0 spiro atoms. The van der Waals surface area contributed by atoms with Crippen LogP contribution in [-0.4, -0.2) is 44.1 Å². The van der Waals surface area contributed by atoms with Crippen molar-refractivity contribution in [2.75, 3.05) is 38.2 Å². The summed E-state index contributed by atoms with van der Waals surface area (Å²) in [7, 11) is 1.78. The third-order valence-electron chi connectivity index (χ3n) is 4.64. The first kappa shape index (κ1) is 17.1. The zero-order valence-corrected chi connectivity index (χ0v) is 14.1. The van der Waals surface area contributed by atoms with Crippen molar-refractivity contribution in [2.45, 2.75) is 19.8 Å². The van der Waals surface area contributed by atoms with E-state index in [0.29, 0.717) is 0 Å². The van der Waals surface area contributed by atoms with Crippen molar-refractivity contribution >= 4 is 24.0 Å². The van der Waals surface area contributed by atoms with Crippen LogP contribution in [0.3, 0.4) is 0 Å². The molecule has 1 heterocycles. The van der Waals surface area contributed by atoms with Crippen LogP contribution in [0.5, 0.6) is 5.75 Å². The molecule has 0 radical (unpaired) electrons. The number of halogens is 1. The minimum atomic E-state index is 0. The van der Waals surface area contributed by atoms with Crippen LogP contribution in [0.25, 0.3) is 0 Å². The van der Waals surface area contributed by atoms with Gasteiger partial charge in [0.25, 0.3) is 0 Å². The van der Waals surface area contributed by atoms with E-state index in [-0.39, 0.29) is 18.3 Å². The van der Waals surface area contributed by atoms with Crippen molar-refractivity contribution in [2.24, 2.45) is 11.8 Å². The first-order valence-corrected chi connectivity index (χ1v) is 7.83. The molecule has 1 saturated heterocycles. The highest BCUT2D eigenvalue weighted by atomic mass is 35.5. The number of benzene rings is 1. The molecular formula is C17H25ClN2O2. The van der Waals surface area contributed by atoms with Gasteiger partial charge in [0.1, 0.15) is 5.75 Å². The number of carbonyl (C=O) groups is 1. The Hall–Kier alpha value is -1.26. The summed E-state index contributed by atoms with van der Waals surface area (Å²) >= 11 is 0. The van der Waals surface area contributed by atoms with Gasteiger partial charge in [0, 0.05) is 39.3 Å². The van der Waals surface area contributed by atoms with Gasteiger partial charge in [0.05, 0.1) is 6.61 Å². The summed E-state index contributed by atoms with van der Waals surface area (Å²) in [4.78, 5) is 15.5. The third kappa shape index (κ3) is 4.14. The highest BCUT2D eigenvalue weighted by Gasteiger charge is 2.44. The summed E-state index contributed by atoms with van der Waals surface area (Å²) in [6.45, 7) is 6.08. The molecule has 22 heavy (non-hydrogen) atoms. The minimum absolute atomic E-state index is 0. The van der Waals surface area contributed by atoms with Crippen molar-refractivity contribution in [1.82, 2.24) is 4.90 Å². The van der Waals surface area contributed by atoms with E-state index in [1.807, 2.05) is 24.3 Å². The van der Waals surface area contributed by atoms with Crippen molar-refractivity contribution in [3.05, 3.63) is 24.3 Å². The van der Waals surface area contributed by atoms with E-state index < -0.39 is 0 Å². The maximum atomic E-state index is 11.3. The van der Waals surface area contributed by atoms with E-state index in [0.717, 1.165) is 42.8 Å².